The maximum absolute atomic E-state index is 2.47. The number of benzene rings is 2. The highest BCUT2D eigenvalue weighted by molar-refractivity contribution is 6.15. The number of anilines is 3. The molecule has 0 bridgehead atoms. The summed E-state index contributed by atoms with van der Waals surface area (Å²) in [6, 6.07) is 18.3. The van der Waals surface area contributed by atoms with Gasteiger partial charge in [-0.05, 0) is 70.5 Å². The number of rotatable bonds is 14. The molecule has 4 heteroatoms. The summed E-state index contributed by atoms with van der Waals surface area (Å²) >= 11 is 0. The van der Waals surface area contributed by atoms with E-state index >= 15 is 0 Å². The van der Waals surface area contributed by atoms with Gasteiger partial charge in [0.15, 0.2) is 5.71 Å². The van der Waals surface area contributed by atoms with Crippen molar-refractivity contribution in [1.29, 1.82) is 0 Å². The van der Waals surface area contributed by atoms with Gasteiger partial charge in [0.1, 0.15) is 19.6 Å². The van der Waals surface area contributed by atoms with E-state index in [4.69, 9.17) is 0 Å². The molecule has 3 rings (SSSR count). The minimum Gasteiger partial charge on any atom is -0.372 e. The Kier molecular flexibility index (Phi) is 11.9. The maximum Gasteiger partial charge on any atom is 0.206 e. The van der Waals surface area contributed by atoms with Crippen molar-refractivity contribution in [1.82, 2.24) is 0 Å². The second-order valence-electron chi connectivity index (χ2n) is 9.90. The molecule has 2 aromatic rings. The second kappa shape index (κ2) is 15.3. The molecule has 204 valence electrons. The maximum atomic E-state index is 2.47. The van der Waals surface area contributed by atoms with E-state index in [2.05, 4.69) is 133 Å². The fourth-order valence-corrected chi connectivity index (χ4v) is 5.12. The van der Waals surface area contributed by atoms with Crippen molar-refractivity contribution in [2.75, 3.05) is 49.1 Å². The van der Waals surface area contributed by atoms with Gasteiger partial charge in [-0.1, -0.05) is 26.7 Å². The highest BCUT2D eigenvalue weighted by Crippen LogP contribution is 2.30. The third kappa shape index (κ3) is 7.46. The fourth-order valence-electron chi connectivity index (χ4n) is 5.12. The van der Waals surface area contributed by atoms with Crippen molar-refractivity contribution in [2.24, 2.45) is 0 Å². The van der Waals surface area contributed by atoms with Crippen LogP contribution in [-0.4, -0.2) is 59.8 Å². The Morgan fingerprint density at radius 1 is 0.579 bits per heavy atom. The molecule has 0 saturated heterocycles. The summed E-state index contributed by atoms with van der Waals surface area (Å²) in [5.41, 5.74) is 7.62. The molecule has 0 N–H and O–H groups in total. The van der Waals surface area contributed by atoms with E-state index < -0.39 is 0 Å². The van der Waals surface area contributed by atoms with Gasteiger partial charge in [0.05, 0.1) is 0 Å². The lowest BCUT2D eigenvalue weighted by Gasteiger charge is -2.27. The van der Waals surface area contributed by atoms with Gasteiger partial charge in [0.25, 0.3) is 0 Å². The van der Waals surface area contributed by atoms with Crippen LogP contribution in [0.1, 0.15) is 67.2 Å². The summed E-state index contributed by atoms with van der Waals surface area (Å²) < 4.78 is 4.86. The van der Waals surface area contributed by atoms with Gasteiger partial charge in [0.2, 0.25) is 11.4 Å². The van der Waals surface area contributed by atoms with Gasteiger partial charge < -0.3 is 9.80 Å². The molecule has 1 aliphatic rings. The topological polar surface area (TPSA) is 12.5 Å². The minimum atomic E-state index is 1.02. The van der Waals surface area contributed by atoms with Crippen LogP contribution in [0.5, 0.6) is 0 Å². The Balaban J connectivity index is 1.92. The molecule has 0 fully saturated rings. The van der Waals surface area contributed by atoms with Gasteiger partial charge in [-0.2, -0.15) is 4.58 Å². The minimum absolute atomic E-state index is 1.02. The normalized spacial score (nSPS) is 12.7. The largest absolute Gasteiger partial charge is 0.372 e. The summed E-state index contributed by atoms with van der Waals surface area (Å²) in [7, 11) is 0. The summed E-state index contributed by atoms with van der Waals surface area (Å²) in [5.74, 6) is 0. The summed E-state index contributed by atoms with van der Waals surface area (Å²) in [6.07, 6.45) is 13.8. The number of allylic oxidation sites excluding steroid dienone is 4. The molecular formula is C34H50N4+2. The van der Waals surface area contributed by atoms with Gasteiger partial charge in [-0.15, -0.1) is 0 Å². The van der Waals surface area contributed by atoms with Crippen LogP contribution in [-0.2, 0) is 0 Å². The van der Waals surface area contributed by atoms with Crippen LogP contribution in [0.15, 0.2) is 72.8 Å². The van der Waals surface area contributed by atoms with E-state index in [0.29, 0.717) is 0 Å². The first-order chi connectivity index (χ1) is 18.6. The zero-order chi connectivity index (χ0) is 27.3. The quantitative estimate of drug-likeness (QED) is 0.187. The molecule has 0 unspecified atom stereocenters. The molecule has 0 atom stereocenters. The van der Waals surface area contributed by atoms with Crippen molar-refractivity contribution in [3.8, 4) is 0 Å². The molecule has 2 aromatic carbocycles. The summed E-state index contributed by atoms with van der Waals surface area (Å²) in [4.78, 5) is 4.86. The van der Waals surface area contributed by atoms with E-state index in [1.165, 1.54) is 59.9 Å². The van der Waals surface area contributed by atoms with Crippen LogP contribution in [0.3, 0.4) is 0 Å². The molecule has 0 saturated carbocycles. The molecule has 0 radical (unpaired) electrons. The molecule has 0 aliphatic heterocycles. The average Bonchev–Trinajstić information content (AvgIpc) is 2.97. The average molecular weight is 515 g/mol. The highest BCUT2D eigenvalue weighted by atomic mass is 15.1. The van der Waals surface area contributed by atoms with Crippen molar-refractivity contribution in [2.45, 2.75) is 67.2 Å². The Labute approximate surface area is 232 Å². The first-order valence-corrected chi connectivity index (χ1v) is 14.9. The first-order valence-electron chi connectivity index (χ1n) is 14.9. The predicted octanol–water partition coefficient (Wildman–Crippen LogP) is 7.98. The molecule has 0 amide bonds. The number of hydrogen-bond acceptors (Lipinski definition) is 2. The number of nitrogens with zero attached hydrogens (tertiary/aromatic N) is 4. The van der Waals surface area contributed by atoms with Crippen LogP contribution < -0.4 is 9.80 Å². The van der Waals surface area contributed by atoms with Crippen LogP contribution in [0.4, 0.5) is 22.7 Å². The third-order valence-corrected chi connectivity index (χ3v) is 7.52. The number of unbranched alkanes of at least 4 members (excludes halogenated alkanes) is 2. The van der Waals surface area contributed by atoms with Crippen molar-refractivity contribution < 1.29 is 9.15 Å². The SMILES string of the molecule is CCCCN(c1ccc(N(CC)CC)cc1)c1ccc([N+](CCCC)=C2C=CC(=[N+](CC)CC)C=C2)cc1. The standard InChI is InChI=1S/C34H50N4/c1-7-13-27-37(31-19-15-29(16-20-31)35(9-3)10-4)33-23-25-34(26-24-33)38(28-14-8-2)32-21-17-30(18-22-32)36(11-5)12-6/h15-26H,7-14,27-28H2,1-6H3/q+2. The first kappa shape index (κ1) is 29.4. The van der Waals surface area contributed by atoms with Crippen LogP contribution >= 0.6 is 0 Å². The van der Waals surface area contributed by atoms with E-state index in [0.717, 1.165) is 39.3 Å². The Morgan fingerprint density at radius 3 is 1.58 bits per heavy atom. The van der Waals surface area contributed by atoms with Crippen molar-refractivity contribution in [3.63, 3.8) is 0 Å². The van der Waals surface area contributed by atoms with E-state index in [9.17, 15) is 0 Å². The predicted molar refractivity (Wildman–Crippen MR) is 168 cm³/mol. The van der Waals surface area contributed by atoms with E-state index in [-0.39, 0.29) is 0 Å². The van der Waals surface area contributed by atoms with Gasteiger partial charge in [0, 0.05) is 79.6 Å². The zero-order valence-electron chi connectivity index (χ0n) is 24.8. The monoisotopic (exact) mass is 514 g/mol. The summed E-state index contributed by atoms with van der Waals surface area (Å²) in [6.45, 7) is 19.6. The van der Waals surface area contributed by atoms with Crippen LogP contribution in [0.2, 0.25) is 0 Å². The molecule has 4 nitrogen and oxygen atoms in total. The molecule has 0 spiro atoms. The lowest BCUT2D eigenvalue weighted by atomic mass is 10.1. The summed E-state index contributed by atoms with van der Waals surface area (Å²) in [5, 5.41) is 0. The number of hydrogen-bond donors (Lipinski definition) is 0. The van der Waals surface area contributed by atoms with E-state index in [1.54, 1.807) is 0 Å². The lowest BCUT2D eigenvalue weighted by molar-refractivity contribution is -0.519. The zero-order valence-corrected chi connectivity index (χ0v) is 24.8. The molecule has 1 aliphatic carbocycles. The van der Waals surface area contributed by atoms with Gasteiger partial charge in [-0.25, -0.2) is 4.58 Å². The van der Waals surface area contributed by atoms with Crippen LogP contribution in [0, 0.1) is 0 Å². The van der Waals surface area contributed by atoms with Crippen LogP contribution in [0.25, 0.3) is 0 Å². The molecule has 0 heterocycles. The Hall–Kier alpha value is -3.14. The Morgan fingerprint density at radius 2 is 1.08 bits per heavy atom. The van der Waals surface area contributed by atoms with E-state index in [1.807, 2.05) is 0 Å². The second-order valence-corrected chi connectivity index (χ2v) is 9.90. The molecular weight excluding hydrogens is 464 g/mol. The third-order valence-electron chi connectivity index (χ3n) is 7.52. The fraction of sp³-hybridized carbons (Fsp3) is 0.471. The lowest BCUT2D eigenvalue weighted by Crippen LogP contribution is -2.23. The van der Waals surface area contributed by atoms with Crippen molar-refractivity contribution in [3.05, 3.63) is 72.8 Å². The molecule has 0 aromatic heterocycles. The smallest absolute Gasteiger partial charge is 0.206 e. The van der Waals surface area contributed by atoms with Gasteiger partial charge in [-0.3, -0.25) is 0 Å². The Bertz CT molecular complexity index is 1090. The van der Waals surface area contributed by atoms with Gasteiger partial charge >= 0.3 is 0 Å². The highest BCUT2D eigenvalue weighted by Gasteiger charge is 2.19. The molecule has 38 heavy (non-hydrogen) atoms. The van der Waals surface area contributed by atoms with Crippen molar-refractivity contribution >= 4 is 34.2 Å².